The average Bonchev–Trinajstić information content (AvgIpc) is 2.37. The van der Waals surface area contributed by atoms with Gasteiger partial charge in [0, 0.05) is 12.1 Å². The smallest absolute Gasteiger partial charge is 0.130 e. The molecule has 2 nitrogen and oxygen atoms in total. The molecule has 20 heavy (non-hydrogen) atoms. The summed E-state index contributed by atoms with van der Waals surface area (Å²) in [6.07, 6.45) is 0.839. The first kappa shape index (κ1) is 14.5. The van der Waals surface area contributed by atoms with Gasteiger partial charge in [0.15, 0.2) is 0 Å². The number of hydrogen-bond donors (Lipinski definition) is 1. The van der Waals surface area contributed by atoms with Crippen LogP contribution in [0.5, 0.6) is 11.5 Å². The van der Waals surface area contributed by atoms with Crippen molar-refractivity contribution < 1.29 is 9.13 Å². The molecule has 0 saturated heterocycles. The van der Waals surface area contributed by atoms with Gasteiger partial charge in [-0.1, -0.05) is 12.1 Å². The van der Waals surface area contributed by atoms with Gasteiger partial charge in [-0.2, -0.15) is 0 Å². The SMILES string of the molecule is Cc1ccc(Oc2ccc(CC(C)N)c(C)c2)cc1F. The Balaban J connectivity index is 2.17. The predicted molar refractivity (Wildman–Crippen MR) is 79.7 cm³/mol. The Kier molecular flexibility index (Phi) is 4.40. The van der Waals surface area contributed by atoms with Crippen molar-refractivity contribution >= 4 is 0 Å². The third-order valence-corrected chi connectivity index (χ3v) is 3.23. The Morgan fingerprint density at radius 3 is 2.30 bits per heavy atom. The summed E-state index contributed by atoms with van der Waals surface area (Å²) >= 11 is 0. The van der Waals surface area contributed by atoms with Crippen LogP contribution in [0.2, 0.25) is 0 Å². The van der Waals surface area contributed by atoms with E-state index in [-0.39, 0.29) is 11.9 Å². The van der Waals surface area contributed by atoms with Gasteiger partial charge in [0.25, 0.3) is 0 Å². The lowest BCUT2D eigenvalue weighted by Gasteiger charge is -2.12. The van der Waals surface area contributed by atoms with E-state index < -0.39 is 0 Å². The highest BCUT2D eigenvalue weighted by molar-refractivity contribution is 5.39. The molecular weight excluding hydrogens is 253 g/mol. The molecule has 2 aromatic carbocycles. The first-order chi connectivity index (χ1) is 9.45. The van der Waals surface area contributed by atoms with Gasteiger partial charge >= 0.3 is 0 Å². The van der Waals surface area contributed by atoms with E-state index >= 15 is 0 Å². The molecule has 0 amide bonds. The maximum absolute atomic E-state index is 13.5. The molecule has 0 fully saturated rings. The third kappa shape index (κ3) is 3.58. The van der Waals surface area contributed by atoms with Crippen molar-refractivity contribution in [3.63, 3.8) is 0 Å². The minimum absolute atomic E-state index is 0.131. The fourth-order valence-corrected chi connectivity index (χ4v) is 2.08. The van der Waals surface area contributed by atoms with Gasteiger partial charge in [-0.15, -0.1) is 0 Å². The average molecular weight is 273 g/mol. The van der Waals surface area contributed by atoms with Crippen LogP contribution in [0.15, 0.2) is 36.4 Å². The van der Waals surface area contributed by atoms with Crippen molar-refractivity contribution in [1.29, 1.82) is 0 Å². The fraction of sp³-hybridized carbons (Fsp3) is 0.294. The first-order valence-corrected chi connectivity index (χ1v) is 6.75. The zero-order valence-corrected chi connectivity index (χ0v) is 12.1. The van der Waals surface area contributed by atoms with E-state index in [4.69, 9.17) is 10.5 Å². The summed E-state index contributed by atoms with van der Waals surface area (Å²) in [5.74, 6) is 0.958. The molecule has 0 heterocycles. The fourth-order valence-electron chi connectivity index (χ4n) is 2.08. The van der Waals surface area contributed by atoms with Gasteiger partial charge < -0.3 is 10.5 Å². The van der Waals surface area contributed by atoms with E-state index in [9.17, 15) is 4.39 Å². The number of benzene rings is 2. The summed E-state index contributed by atoms with van der Waals surface area (Å²) < 4.78 is 19.2. The number of hydrogen-bond acceptors (Lipinski definition) is 2. The van der Waals surface area contributed by atoms with Gasteiger partial charge in [-0.25, -0.2) is 4.39 Å². The Labute approximate surface area is 119 Å². The maximum atomic E-state index is 13.5. The van der Waals surface area contributed by atoms with E-state index in [1.165, 1.54) is 11.6 Å². The highest BCUT2D eigenvalue weighted by atomic mass is 19.1. The number of nitrogens with two attached hydrogens (primary N) is 1. The molecule has 3 heteroatoms. The minimum atomic E-state index is -0.257. The molecule has 1 atom stereocenters. The first-order valence-electron chi connectivity index (χ1n) is 6.75. The lowest BCUT2D eigenvalue weighted by Crippen LogP contribution is -2.18. The normalized spacial score (nSPS) is 12.2. The zero-order valence-electron chi connectivity index (χ0n) is 12.1. The lowest BCUT2D eigenvalue weighted by atomic mass is 10.0. The molecule has 2 rings (SSSR count). The van der Waals surface area contributed by atoms with Crippen LogP contribution >= 0.6 is 0 Å². The molecule has 2 N–H and O–H groups in total. The van der Waals surface area contributed by atoms with Crippen molar-refractivity contribution in [2.45, 2.75) is 33.2 Å². The van der Waals surface area contributed by atoms with E-state index in [1.807, 2.05) is 32.0 Å². The van der Waals surface area contributed by atoms with Gasteiger partial charge in [-0.3, -0.25) is 0 Å². The van der Waals surface area contributed by atoms with E-state index in [0.29, 0.717) is 17.1 Å². The topological polar surface area (TPSA) is 35.2 Å². The number of rotatable bonds is 4. The van der Waals surface area contributed by atoms with Crippen LogP contribution in [0, 0.1) is 19.7 Å². The molecule has 0 aliphatic carbocycles. The van der Waals surface area contributed by atoms with Crippen LogP contribution in [-0.2, 0) is 6.42 Å². The molecule has 0 saturated carbocycles. The van der Waals surface area contributed by atoms with Crippen molar-refractivity contribution in [3.05, 3.63) is 58.9 Å². The lowest BCUT2D eigenvalue weighted by molar-refractivity contribution is 0.475. The number of aryl methyl sites for hydroxylation is 2. The molecule has 2 aromatic rings. The molecule has 0 radical (unpaired) electrons. The molecule has 106 valence electrons. The Hall–Kier alpha value is -1.87. The number of ether oxygens (including phenoxy) is 1. The molecule has 0 spiro atoms. The van der Waals surface area contributed by atoms with Crippen LogP contribution in [0.25, 0.3) is 0 Å². The van der Waals surface area contributed by atoms with Crippen molar-refractivity contribution in [1.82, 2.24) is 0 Å². The summed E-state index contributed by atoms with van der Waals surface area (Å²) in [6.45, 7) is 5.74. The highest BCUT2D eigenvalue weighted by Crippen LogP contribution is 2.25. The second kappa shape index (κ2) is 6.06. The van der Waals surface area contributed by atoms with Gasteiger partial charge in [0.05, 0.1) is 0 Å². The summed E-state index contributed by atoms with van der Waals surface area (Å²) in [5.41, 5.74) is 8.77. The Morgan fingerprint density at radius 2 is 1.70 bits per heavy atom. The zero-order chi connectivity index (χ0) is 14.7. The summed E-state index contributed by atoms with van der Waals surface area (Å²) in [6, 6.07) is 10.9. The standard InChI is InChI=1S/C17H20FNO/c1-11-4-6-16(10-17(11)18)20-15-7-5-14(9-13(3)19)12(2)8-15/h4-8,10,13H,9,19H2,1-3H3. The molecular formula is C17H20FNO. The molecule has 0 aromatic heterocycles. The largest absolute Gasteiger partial charge is 0.457 e. The summed E-state index contributed by atoms with van der Waals surface area (Å²) in [7, 11) is 0. The van der Waals surface area contributed by atoms with Crippen molar-refractivity contribution in [2.75, 3.05) is 0 Å². The van der Waals surface area contributed by atoms with Gasteiger partial charge in [-0.05, 0) is 62.1 Å². The minimum Gasteiger partial charge on any atom is -0.457 e. The third-order valence-electron chi connectivity index (χ3n) is 3.23. The second-order valence-electron chi connectivity index (χ2n) is 5.28. The van der Waals surface area contributed by atoms with E-state index in [1.54, 1.807) is 19.1 Å². The van der Waals surface area contributed by atoms with Crippen LogP contribution < -0.4 is 10.5 Å². The Bertz CT molecular complexity index is 608. The second-order valence-corrected chi connectivity index (χ2v) is 5.28. The molecule has 1 unspecified atom stereocenters. The van der Waals surface area contributed by atoms with E-state index in [0.717, 1.165) is 12.0 Å². The maximum Gasteiger partial charge on any atom is 0.130 e. The van der Waals surface area contributed by atoms with Crippen molar-refractivity contribution in [2.24, 2.45) is 5.73 Å². The van der Waals surface area contributed by atoms with Crippen LogP contribution in [-0.4, -0.2) is 6.04 Å². The van der Waals surface area contributed by atoms with Crippen molar-refractivity contribution in [3.8, 4) is 11.5 Å². The van der Waals surface area contributed by atoms with Crippen LogP contribution in [0.3, 0.4) is 0 Å². The quantitative estimate of drug-likeness (QED) is 0.909. The van der Waals surface area contributed by atoms with Gasteiger partial charge in [0.1, 0.15) is 17.3 Å². The number of halogens is 1. The molecule has 0 aliphatic heterocycles. The summed E-state index contributed by atoms with van der Waals surface area (Å²) in [4.78, 5) is 0. The van der Waals surface area contributed by atoms with E-state index in [2.05, 4.69) is 0 Å². The van der Waals surface area contributed by atoms with Crippen LogP contribution in [0.1, 0.15) is 23.6 Å². The molecule has 0 bridgehead atoms. The Morgan fingerprint density at radius 1 is 1.05 bits per heavy atom. The molecule has 0 aliphatic rings. The van der Waals surface area contributed by atoms with Crippen LogP contribution in [0.4, 0.5) is 4.39 Å². The highest BCUT2D eigenvalue weighted by Gasteiger charge is 2.06. The predicted octanol–water partition coefficient (Wildman–Crippen LogP) is 4.12. The van der Waals surface area contributed by atoms with Gasteiger partial charge in [0.2, 0.25) is 0 Å². The monoisotopic (exact) mass is 273 g/mol. The summed E-state index contributed by atoms with van der Waals surface area (Å²) in [5, 5.41) is 0.